The predicted molar refractivity (Wildman–Crippen MR) is 122 cm³/mol. The van der Waals surface area contributed by atoms with E-state index in [1.807, 2.05) is 25.3 Å². The van der Waals surface area contributed by atoms with Crippen LogP contribution in [0.15, 0.2) is 23.1 Å². The lowest BCUT2D eigenvalue weighted by Gasteiger charge is -2.25. The number of allylic oxidation sites excluding steroid dienone is 1. The van der Waals surface area contributed by atoms with E-state index < -0.39 is 6.10 Å². The Bertz CT molecular complexity index is 657. The summed E-state index contributed by atoms with van der Waals surface area (Å²) in [5.41, 5.74) is 1.69. The van der Waals surface area contributed by atoms with E-state index in [1.165, 1.54) is 0 Å². The van der Waals surface area contributed by atoms with Crippen LogP contribution < -0.4 is 0 Å². The van der Waals surface area contributed by atoms with Crippen molar-refractivity contribution in [2.24, 2.45) is 11.3 Å². The van der Waals surface area contributed by atoms with Gasteiger partial charge in [-0.25, -0.2) is 4.98 Å². The summed E-state index contributed by atoms with van der Waals surface area (Å²) in [5, 5.41) is 13.3. The van der Waals surface area contributed by atoms with E-state index in [4.69, 9.17) is 0 Å². The van der Waals surface area contributed by atoms with Crippen LogP contribution in [0, 0.1) is 18.3 Å². The maximum atomic E-state index is 12.4. The van der Waals surface area contributed by atoms with Crippen molar-refractivity contribution < 1.29 is 9.90 Å². The van der Waals surface area contributed by atoms with Crippen molar-refractivity contribution in [1.82, 2.24) is 4.98 Å². The summed E-state index contributed by atoms with van der Waals surface area (Å²) in [4.78, 5) is 16.8. The van der Waals surface area contributed by atoms with Crippen molar-refractivity contribution in [3.8, 4) is 0 Å². The normalized spacial score (nSPS) is 15.2. The first kappa shape index (κ1) is 24.8. The Kier molecular flexibility index (Phi) is 10.9. The maximum Gasteiger partial charge on any atom is 0.141 e. The Balaban J connectivity index is 2.20. The van der Waals surface area contributed by atoms with Gasteiger partial charge in [0.25, 0.3) is 0 Å². The van der Waals surface area contributed by atoms with Gasteiger partial charge >= 0.3 is 0 Å². The Morgan fingerprint density at radius 2 is 2.00 bits per heavy atom. The van der Waals surface area contributed by atoms with Crippen LogP contribution in [0.3, 0.4) is 0 Å². The SMILES string of the molecule is CCC(C)(C)C(=O)[C@H](C)CCCCC/C=C/C[C@H](O)/C(C)=C/c1csc(C)n1. The largest absolute Gasteiger partial charge is 0.388 e. The fraction of sp³-hybridized carbons (Fsp3) is 0.667. The van der Waals surface area contributed by atoms with Crippen molar-refractivity contribution >= 4 is 23.2 Å². The molecular formula is C24H39NO2S. The summed E-state index contributed by atoms with van der Waals surface area (Å²) in [5.74, 6) is 0.567. The molecule has 1 aromatic rings. The van der Waals surface area contributed by atoms with Gasteiger partial charge in [-0.3, -0.25) is 4.79 Å². The Labute approximate surface area is 176 Å². The number of rotatable bonds is 13. The van der Waals surface area contributed by atoms with Crippen LogP contribution in [-0.4, -0.2) is 22.0 Å². The molecule has 1 aromatic heterocycles. The molecule has 158 valence electrons. The van der Waals surface area contributed by atoms with Crippen LogP contribution in [0.25, 0.3) is 6.08 Å². The number of unbranched alkanes of at least 4 members (excludes halogenated alkanes) is 3. The maximum absolute atomic E-state index is 12.4. The topological polar surface area (TPSA) is 50.2 Å². The minimum atomic E-state index is -0.452. The third-order valence-corrected chi connectivity index (χ3v) is 6.36. The highest BCUT2D eigenvalue weighted by Crippen LogP contribution is 2.27. The monoisotopic (exact) mass is 405 g/mol. The predicted octanol–water partition coefficient (Wildman–Crippen LogP) is 6.75. The zero-order valence-electron chi connectivity index (χ0n) is 18.6. The van der Waals surface area contributed by atoms with Crippen LogP contribution in [0.2, 0.25) is 0 Å². The second kappa shape index (κ2) is 12.3. The van der Waals surface area contributed by atoms with Gasteiger partial charge in [-0.1, -0.05) is 52.7 Å². The van der Waals surface area contributed by atoms with E-state index in [0.717, 1.165) is 54.8 Å². The Hall–Kier alpha value is -1.26. The number of aliphatic hydroxyl groups is 1. The lowest BCUT2D eigenvalue weighted by Crippen LogP contribution is -2.28. The van der Waals surface area contributed by atoms with Crippen molar-refractivity contribution in [2.75, 3.05) is 0 Å². The molecule has 28 heavy (non-hydrogen) atoms. The van der Waals surface area contributed by atoms with E-state index in [0.29, 0.717) is 12.2 Å². The quantitative estimate of drug-likeness (QED) is 0.291. The van der Waals surface area contributed by atoms with Crippen LogP contribution in [-0.2, 0) is 4.79 Å². The number of nitrogens with zero attached hydrogens (tertiary/aromatic N) is 1. The number of ketones is 1. The fourth-order valence-electron chi connectivity index (χ4n) is 3.17. The van der Waals surface area contributed by atoms with Gasteiger partial charge in [-0.05, 0) is 57.6 Å². The van der Waals surface area contributed by atoms with Gasteiger partial charge in [0.15, 0.2) is 0 Å². The molecule has 3 nitrogen and oxygen atoms in total. The van der Waals surface area contributed by atoms with Crippen LogP contribution in [0.4, 0.5) is 0 Å². The smallest absolute Gasteiger partial charge is 0.141 e. The second-order valence-corrected chi connectivity index (χ2v) is 9.61. The van der Waals surface area contributed by atoms with Crippen molar-refractivity contribution in [3.05, 3.63) is 33.8 Å². The van der Waals surface area contributed by atoms with Crippen LogP contribution in [0.1, 0.15) is 90.3 Å². The summed E-state index contributed by atoms with van der Waals surface area (Å²) in [6, 6.07) is 0. The zero-order valence-corrected chi connectivity index (χ0v) is 19.4. The van der Waals surface area contributed by atoms with Crippen molar-refractivity contribution in [2.45, 2.75) is 92.6 Å². The lowest BCUT2D eigenvalue weighted by molar-refractivity contribution is -0.131. The van der Waals surface area contributed by atoms with Gasteiger partial charge in [0, 0.05) is 16.7 Å². The molecule has 0 aliphatic heterocycles. The molecule has 2 atom stereocenters. The second-order valence-electron chi connectivity index (χ2n) is 8.54. The Morgan fingerprint density at radius 1 is 1.29 bits per heavy atom. The van der Waals surface area contributed by atoms with E-state index in [1.54, 1.807) is 11.3 Å². The summed E-state index contributed by atoms with van der Waals surface area (Å²) in [7, 11) is 0. The number of aryl methyl sites for hydroxylation is 1. The highest BCUT2D eigenvalue weighted by molar-refractivity contribution is 7.09. The molecule has 0 saturated heterocycles. The number of thiazole rings is 1. The molecule has 0 fully saturated rings. The van der Waals surface area contributed by atoms with Gasteiger partial charge in [0.2, 0.25) is 0 Å². The molecule has 0 radical (unpaired) electrons. The summed E-state index contributed by atoms with van der Waals surface area (Å²) >= 11 is 1.62. The molecule has 0 aliphatic carbocycles. The van der Waals surface area contributed by atoms with Crippen LogP contribution in [0.5, 0.6) is 0 Å². The molecule has 1 rings (SSSR count). The first-order chi connectivity index (χ1) is 13.2. The van der Waals surface area contributed by atoms with E-state index in [2.05, 4.69) is 44.8 Å². The molecule has 0 unspecified atom stereocenters. The van der Waals surface area contributed by atoms with E-state index in [9.17, 15) is 9.90 Å². The number of carbonyl (C=O) groups is 1. The molecule has 0 aliphatic rings. The molecule has 0 bridgehead atoms. The summed E-state index contributed by atoms with van der Waals surface area (Å²) < 4.78 is 0. The molecular weight excluding hydrogens is 366 g/mol. The number of carbonyl (C=O) groups excluding carboxylic acids is 1. The number of aliphatic hydroxyl groups excluding tert-OH is 1. The minimum Gasteiger partial charge on any atom is -0.388 e. The Morgan fingerprint density at radius 3 is 2.61 bits per heavy atom. The highest BCUT2D eigenvalue weighted by Gasteiger charge is 2.28. The molecule has 0 amide bonds. The molecule has 0 saturated carbocycles. The third-order valence-electron chi connectivity index (χ3n) is 5.57. The van der Waals surface area contributed by atoms with Gasteiger partial charge in [-0.2, -0.15) is 0 Å². The van der Waals surface area contributed by atoms with Crippen molar-refractivity contribution in [3.63, 3.8) is 0 Å². The first-order valence-corrected chi connectivity index (χ1v) is 11.5. The third kappa shape index (κ3) is 8.83. The molecule has 4 heteroatoms. The number of hydrogen-bond acceptors (Lipinski definition) is 4. The highest BCUT2D eigenvalue weighted by atomic mass is 32.1. The molecule has 1 heterocycles. The zero-order chi connectivity index (χ0) is 21.2. The molecule has 0 aromatic carbocycles. The lowest BCUT2D eigenvalue weighted by atomic mass is 9.78. The average Bonchev–Trinajstić information content (AvgIpc) is 3.07. The van der Waals surface area contributed by atoms with E-state index >= 15 is 0 Å². The molecule has 0 spiro atoms. The number of Topliss-reactive ketones (excluding diaryl/α,β-unsaturated/α-hetero) is 1. The number of hydrogen-bond donors (Lipinski definition) is 1. The first-order valence-electron chi connectivity index (χ1n) is 10.6. The van der Waals surface area contributed by atoms with Gasteiger partial charge < -0.3 is 5.11 Å². The standard InChI is InChI=1S/C24H39NO2S/c1-7-24(5,6)23(27)18(2)14-12-10-8-9-11-13-15-22(26)19(3)16-21-17-28-20(4)25-21/h11,13,16-18,22,26H,7-10,12,14-15H2,1-6H3/b13-11+,19-16+/t18-,22+/m1/s1. The number of aromatic nitrogens is 1. The van der Waals surface area contributed by atoms with Gasteiger partial charge in [0.05, 0.1) is 16.8 Å². The summed E-state index contributed by atoms with van der Waals surface area (Å²) in [6.45, 7) is 12.2. The van der Waals surface area contributed by atoms with Crippen LogP contribution >= 0.6 is 11.3 Å². The van der Waals surface area contributed by atoms with Crippen molar-refractivity contribution in [1.29, 1.82) is 0 Å². The minimum absolute atomic E-state index is 0.164. The molecule has 1 N–H and O–H groups in total. The summed E-state index contributed by atoms with van der Waals surface area (Å²) in [6.07, 6.45) is 12.7. The van der Waals surface area contributed by atoms with Gasteiger partial charge in [0.1, 0.15) is 5.78 Å². The van der Waals surface area contributed by atoms with Gasteiger partial charge in [-0.15, -0.1) is 11.3 Å². The fourth-order valence-corrected chi connectivity index (χ4v) is 3.74. The average molecular weight is 406 g/mol. The van der Waals surface area contributed by atoms with E-state index in [-0.39, 0.29) is 11.3 Å².